The average molecular weight is 337 g/mol. The molecular weight excluding hydrogens is 316 g/mol. The minimum Gasteiger partial charge on any atom is -0.495 e. The van der Waals surface area contributed by atoms with Gasteiger partial charge >= 0.3 is 0 Å². The van der Waals surface area contributed by atoms with Gasteiger partial charge < -0.3 is 20.1 Å². The average Bonchev–Trinajstić information content (AvgIpc) is 2.47. The van der Waals surface area contributed by atoms with Crippen molar-refractivity contribution in [2.24, 2.45) is 0 Å². The maximum atomic E-state index is 6.11. The molecular formula is C16H21ClN4O2. The van der Waals surface area contributed by atoms with Crippen molar-refractivity contribution in [2.75, 3.05) is 24.9 Å². The van der Waals surface area contributed by atoms with Crippen molar-refractivity contribution in [1.29, 1.82) is 0 Å². The van der Waals surface area contributed by atoms with Crippen LogP contribution >= 0.6 is 11.6 Å². The first kappa shape index (κ1) is 17.1. The maximum Gasteiger partial charge on any atom is 0.229 e. The Balaban J connectivity index is 2.30. The summed E-state index contributed by atoms with van der Waals surface area (Å²) >= 11 is 6.11. The van der Waals surface area contributed by atoms with Crippen LogP contribution in [0.2, 0.25) is 5.02 Å². The molecule has 0 aliphatic rings. The van der Waals surface area contributed by atoms with Crippen LogP contribution in [0.4, 0.5) is 17.5 Å². The Morgan fingerprint density at radius 2 is 1.78 bits per heavy atom. The fourth-order valence-corrected chi connectivity index (χ4v) is 2.18. The van der Waals surface area contributed by atoms with Crippen LogP contribution in [0.25, 0.3) is 0 Å². The molecule has 0 unspecified atom stereocenters. The molecule has 0 spiro atoms. The van der Waals surface area contributed by atoms with E-state index in [2.05, 4.69) is 41.4 Å². The van der Waals surface area contributed by atoms with Gasteiger partial charge in [0.25, 0.3) is 0 Å². The molecule has 124 valence electrons. The van der Waals surface area contributed by atoms with Gasteiger partial charge in [-0.3, -0.25) is 0 Å². The minimum atomic E-state index is -0.0905. The van der Waals surface area contributed by atoms with Gasteiger partial charge in [-0.1, -0.05) is 11.6 Å². The van der Waals surface area contributed by atoms with Crippen LogP contribution < -0.4 is 20.1 Å². The number of halogens is 1. The summed E-state index contributed by atoms with van der Waals surface area (Å²) in [4.78, 5) is 8.67. The standard InChI is InChI=1S/C16H21ClN4O2/c1-16(2,3)21-14-6-7-18-15(20-14)19-11-9-12(22-4)10(17)8-13(11)23-5/h6-9H,1-5H3,(H2,18,19,20,21). The summed E-state index contributed by atoms with van der Waals surface area (Å²) in [5.74, 6) is 2.30. The quantitative estimate of drug-likeness (QED) is 0.856. The predicted molar refractivity (Wildman–Crippen MR) is 93.2 cm³/mol. The van der Waals surface area contributed by atoms with Gasteiger partial charge in [0.1, 0.15) is 17.3 Å². The molecule has 7 heteroatoms. The molecule has 6 nitrogen and oxygen atoms in total. The molecule has 2 rings (SSSR count). The van der Waals surface area contributed by atoms with Gasteiger partial charge in [-0.2, -0.15) is 4.98 Å². The number of hydrogen-bond acceptors (Lipinski definition) is 6. The summed E-state index contributed by atoms with van der Waals surface area (Å²) in [5, 5.41) is 6.90. The summed E-state index contributed by atoms with van der Waals surface area (Å²) in [5.41, 5.74) is 0.578. The molecule has 0 radical (unpaired) electrons. The SMILES string of the molecule is COc1cc(Nc2nccc(NC(C)(C)C)n2)c(OC)cc1Cl. The van der Waals surface area contributed by atoms with Crippen LogP contribution in [0.3, 0.4) is 0 Å². The predicted octanol–water partition coefficient (Wildman–Crippen LogP) is 4.10. The van der Waals surface area contributed by atoms with Gasteiger partial charge in [-0.25, -0.2) is 4.98 Å². The number of benzene rings is 1. The van der Waals surface area contributed by atoms with E-state index >= 15 is 0 Å². The molecule has 1 aromatic carbocycles. The van der Waals surface area contributed by atoms with Crippen molar-refractivity contribution < 1.29 is 9.47 Å². The number of methoxy groups -OCH3 is 2. The first-order chi connectivity index (χ1) is 10.8. The van der Waals surface area contributed by atoms with Crippen LogP contribution in [-0.4, -0.2) is 29.7 Å². The summed E-state index contributed by atoms with van der Waals surface area (Å²) in [6.45, 7) is 6.19. The molecule has 0 atom stereocenters. The fraction of sp³-hybridized carbons (Fsp3) is 0.375. The summed E-state index contributed by atoms with van der Waals surface area (Å²) < 4.78 is 10.6. The Hall–Kier alpha value is -2.21. The van der Waals surface area contributed by atoms with E-state index in [9.17, 15) is 0 Å². The number of hydrogen-bond donors (Lipinski definition) is 2. The molecule has 1 heterocycles. The van der Waals surface area contributed by atoms with Gasteiger partial charge in [0.2, 0.25) is 5.95 Å². The lowest BCUT2D eigenvalue weighted by Crippen LogP contribution is -2.26. The second-order valence-corrected chi connectivity index (χ2v) is 6.36. The number of anilines is 3. The summed E-state index contributed by atoms with van der Waals surface area (Å²) in [7, 11) is 3.13. The zero-order chi connectivity index (χ0) is 17.0. The molecule has 0 bridgehead atoms. The third kappa shape index (κ3) is 4.63. The topological polar surface area (TPSA) is 68.3 Å². The molecule has 1 aromatic heterocycles. The van der Waals surface area contributed by atoms with Crippen LogP contribution in [0.5, 0.6) is 11.5 Å². The Morgan fingerprint density at radius 3 is 2.39 bits per heavy atom. The van der Waals surface area contributed by atoms with Gasteiger partial charge in [-0.15, -0.1) is 0 Å². The van der Waals surface area contributed by atoms with Crippen LogP contribution in [0.1, 0.15) is 20.8 Å². The third-order valence-electron chi connectivity index (χ3n) is 2.88. The van der Waals surface area contributed by atoms with Crippen LogP contribution in [-0.2, 0) is 0 Å². The summed E-state index contributed by atoms with van der Waals surface area (Å²) in [6, 6.07) is 5.24. The van der Waals surface area contributed by atoms with Crippen LogP contribution in [0, 0.1) is 0 Å². The lowest BCUT2D eigenvalue weighted by atomic mass is 10.1. The third-order valence-corrected chi connectivity index (χ3v) is 3.17. The molecule has 0 fully saturated rings. The molecule has 0 saturated heterocycles. The van der Waals surface area contributed by atoms with E-state index in [0.29, 0.717) is 28.2 Å². The van der Waals surface area contributed by atoms with Crippen molar-refractivity contribution in [2.45, 2.75) is 26.3 Å². The first-order valence-corrected chi connectivity index (χ1v) is 7.50. The van der Waals surface area contributed by atoms with Crippen molar-refractivity contribution in [1.82, 2.24) is 9.97 Å². The van der Waals surface area contributed by atoms with Crippen molar-refractivity contribution in [3.63, 3.8) is 0 Å². The minimum absolute atomic E-state index is 0.0905. The fourth-order valence-electron chi connectivity index (χ4n) is 1.95. The Bertz CT molecular complexity index is 686. The Morgan fingerprint density at radius 1 is 1.09 bits per heavy atom. The highest BCUT2D eigenvalue weighted by atomic mass is 35.5. The van der Waals surface area contributed by atoms with Gasteiger partial charge in [0.05, 0.1) is 24.9 Å². The Labute approximate surface area is 141 Å². The molecule has 0 amide bonds. The van der Waals surface area contributed by atoms with Gasteiger partial charge in [0.15, 0.2) is 0 Å². The van der Waals surface area contributed by atoms with Gasteiger partial charge in [0, 0.05) is 23.9 Å². The van der Waals surface area contributed by atoms with E-state index in [1.54, 1.807) is 32.5 Å². The van der Waals surface area contributed by atoms with Crippen molar-refractivity contribution in [3.8, 4) is 11.5 Å². The van der Waals surface area contributed by atoms with E-state index in [1.165, 1.54) is 0 Å². The number of nitrogens with zero attached hydrogens (tertiary/aromatic N) is 2. The highest BCUT2D eigenvalue weighted by Gasteiger charge is 2.13. The zero-order valence-electron chi connectivity index (χ0n) is 13.9. The molecule has 0 aliphatic carbocycles. The number of aromatic nitrogens is 2. The number of rotatable bonds is 5. The highest BCUT2D eigenvalue weighted by molar-refractivity contribution is 6.32. The highest BCUT2D eigenvalue weighted by Crippen LogP contribution is 2.36. The first-order valence-electron chi connectivity index (χ1n) is 7.12. The van der Waals surface area contributed by atoms with E-state index in [-0.39, 0.29) is 5.54 Å². The monoisotopic (exact) mass is 336 g/mol. The van der Waals surface area contributed by atoms with Gasteiger partial charge in [-0.05, 0) is 26.8 Å². The second kappa shape index (κ2) is 6.91. The van der Waals surface area contributed by atoms with Crippen molar-refractivity contribution in [3.05, 3.63) is 29.4 Å². The molecule has 2 N–H and O–H groups in total. The largest absolute Gasteiger partial charge is 0.495 e. The maximum absolute atomic E-state index is 6.11. The van der Waals surface area contributed by atoms with E-state index < -0.39 is 0 Å². The van der Waals surface area contributed by atoms with E-state index in [1.807, 2.05) is 6.07 Å². The smallest absolute Gasteiger partial charge is 0.229 e. The summed E-state index contributed by atoms with van der Waals surface area (Å²) in [6.07, 6.45) is 1.68. The Kier molecular flexibility index (Phi) is 5.15. The van der Waals surface area contributed by atoms with E-state index in [0.717, 1.165) is 5.82 Å². The van der Waals surface area contributed by atoms with Crippen molar-refractivity contribution >= 4 is 29.1 Å². The lowest BCUT2D eigenvalue weighted by Gasteiger charge is -2.21. The lowest BCUT2D eigenvalue weighted by molar-refractivity contribution is 0.405. The number of ether oxygens (including phenoxy) is 2. The van der Waals surface area contributed by atoms with E-state index in [4.69, 9.17) is 21.1 Å². The zero-order valence-corrected chi connectivity index (χ0v) is 14.7. The molecule has 23 heavy (non-hydrogen) atoms. The normalized spacial score (nSPS) is 11.0. The second-order valence-electron chi connectivity index (χ2n) is 5.95. The molecule has 0 aliphatic heterocycles. The van der Waals surface area contributed by atoms with Crippen LogP contribution in [0.15, 0.2) is 24.4 Å². The molecule has 0 saturated carbocycles. The molecule has 2 aromatic rings. The number of nitrogens with one attached hydrogen (secondary N) is 2.